The minimum absolute atomic E-state index is 0.517. The van der Waals surface area contributed by atoms with Crippen LogP contribution in [0.15, 0.2) is 16.5 Å². The van der Waals surface area contributed by atoms with Gasteiger partial charge < -0.3 is 19.2 Å². The number of ether oxygens (including phenoxy) is 2. The molecule has 1 heterocycles. The third-order valence-electron chi connectivity index (χ3n) is 2.53. The molecule has 0 saturated carbocycles. The number of furan rings is 1. The highest BCUT2D eigenvalue weighted by Crippen LogP contribution is 2.08. The highest BCUT2D eigenvalue weighted by atomic mass is 16.5. The summed E-state index contributed by atoms with van der Waals surface area (Å²) in [5, 5.41) is 3.22. The highest BCUT2D eigenvalue weighted by Gasteiger charge is 2.01. The predicted molar refractivity (Wildman–Crippen MR) is 71.5 cm³/mol. The van der Waals surface area contributed by atoms with Gasteiger partial charge in [-0.15, -0.1) is 0 Å². The first-order chi connectivity index (χ1) is 8.86. The van der Waals surface area contributed by atoms with Gasteiger partial charge in [-0.05, 0) is 25.1 Å². The van der Waals surface area contributed by atoms with E-state index < -0.39 is 0 Å². The molecule has 1 aromatic rings. The molecule has 0 aliphatic heterocycles. The van der Waals surface area contributed by atoms with Crippen molar-refractivity contribution >= 4 is 0 Å². The van der Waals surface area contributed by atoms with Crippen molar-refractivity contribution in [2.24, 2.45) is 0 Å². The van der Waals surface area contributed by atoms with Gasteiger partial charge in [-0.2, -0.15) is 0 Å². The van der Waals surface area contributed by atoms with Gasteiger partial charge >= 0.3 is 0 Å². The van der Waals surface area contributed by atoms with Crippen LogP contribution in [0.2, 0.25) is 0 Å². The molecule has 0 spiro atoms. The molecular weight excluding hydrogens is 230 g/mol. The maximum absolute atomic E-state index is 5.60. The first kappa shape index (κ1) is 15.2. The van der Waals surface area contributed by atoms with Crippen LogP contribution in [-0.4, -0.2) is 26.4 Å². The van der Waals surface area contributed by atoms with Crippen molar-refractivity contribution in [3.8, 4) is 0 Å². The first-order valence-corrected chi connectivity index (χ1v) is 6.80. The molecule has 18 heavy (non-hydrogen) atoms. The average molecular weight is 255 g/mol. The molecule has 4 nitrogen and oxygen atoms in total. The molecule has 0 aliphatic rings. The van der Waals surface area contributed by atoms with E-state index in [1.807, 2.05) is 12.1 Å². The van der Waals surface area contributed by atoms with Gasteiger partial charge in [0.15, 0.2) is 0 Å². The lowest BCUT2D eigenvalue weighted by Crippen LogP contribution is -2.10. The molecule has 1 N–H and O–H groups in total. The van der Waals surface area contributed by atoms with Crippen LogP contribution < -0.4 is 5.32 Å². The van der Waals surface area contributed by atoms with Crippen molar-refractivity contribution in [1.82, 2.24) is 5.32 Å². The van der Waals surface area contributed by atoms with Crippen LogP contribution in [0.4, 0.5) is 0 Å². The quantitative estimate of drug-likeness (QED) is 0.617. The van der Waals surface area contributed by atoms with Crippen LogP contribution in [0.3, 0.4) is 0 Å². The fourth-order valence-corrected chi connectivity index (χ4v) is 1.48. The number of rotatable bonds is 11. The number of hydrogen-bond donors (Lipinski definition) is 1. The van der Waals surface area contributed by atoms with Crippen molar-refractivity contribution in [2.45, 2.75) is 39.8 Å². The van der Waals surface area contributed by atoms with Crippen molar-refractivity contribution in [1.29, 1.82) is 0 Å². The lowest BCUT2D eigenvalue weighted by Gasteiger charge is -2.04. The third kappa shape index (κ3) is 6.79. The SMILES string of the molecule is CCCCOCCOCc1ccc(CNCC)o1. The second-order valence-corrected chi connectivity index (χ2v) is 4.17. The molecule has 0 radical (unpaired) electrons. The Bertz CT molecular complexity index is 299. The van der Waals surface area contributed by atoms with E-state index in [1.165, 1.54) is 6.42 Å². The van der Waals surface area contributed by atoms with Gasteiger partial charge in [-0.3, -0.25) is 0 Å². The Morgan fingerprint density at radius 1 is 1.06 bits per heavy atom. The Labute approximate surface area is 110 Å². The summed E-state index contributed by atoms with van der Waals surface area (Å²) in [4.78, 5) is 0. The maximum Gasteiger partial charge on any atom is 0.129 e. The second kappa shape index (κ2) is 10.1. The number of hydrogen-bond acceptors (Lipinski definition) is 4. The van der Waals surface area contributed by atoms with Gasteiger partial charge in [-0.1, -0.05) is 20.3 Å². The van der Waals surface area contributed by atoms with Crippen LogP contribution in [-0.2, 0) is 22.6 Å². The number of nitrogens with one attached hydrogen (secondary N) is 1. The Balaban J connectivity index is 2.03. The molecule has 1 rings (SSSR count). The molecule has 0 bridgehead atoms. The van der Waals surface area contributed by atoms with Crippen LogP contribution in [0.1, 0.15) is 38.2 Å². The van der Waals surface area contributed by atoms with Gasteiger partial charge in [0, 0.05) is 6.61 Å². The van der Waals surface area contributed by atoms with Crippen LogP contribution in [0, 0.1) is 0 Å². The van der Waals surface area contributed by atoms with E-state index in [4.69, 9.17) is 13.9 Å². The largest absolute Gasteiger partial charge is 0.462 e. The Morgan fingerprint density at radius 2 is 1.83 bits per heavy atom. The summed E-state index contributed by atoms with van der Waals surface area (Å²) >= 11 is 0. The van der Waals surface area contributed by atoms with E-state index in [-0.39, 0.29) is 0 Å². The maximum atomic E-state index is 5.60. The van der Waals surface area contributed by atoms with Gasteiger partial charge in [0.05, 0.1) is 19.8 Å². The molecule has 0 aromatic carbocycles. The average Bonchev–Trinajstić information content (AvgIpc) is 2.83. The third-order valence-corrected chi connectivity index (χ3v) is 2.53. The molecule has 0 amide bonds. The van der Waals surface area contributed by atoms with E-state index in [9.17, 15) is 0 Å². The van der Waals surface area contributed by atoms with E-state index in [0.29, 0.717) is 19.8 Å². The summed E-state index contributed by atoms with van der Waals surface area (Å²) < 4.78 is 16.5. The van der Waals surface area contributed by atoms with Gasteiger partial charge in [-0.25, -0.2) is 0 Å². The van der Waals surface area contributed by atoms with Crippen molar-refractivity contribution in [3.63, 3.8) is 0 Å². The van der Waals surface area contributed by atoms with E-state index in [1.54, 1.807) is 0 Å². The van der Waals surface area contributed by atoms with Crippen LogP contribution >= 0.6 is 0 Å². The molecular formula is C14H25NO3. The molecule has 0 saturated heterocycles. The van der Waals surface area contributed by atoms with Crippen molar-refractivity contribution in [3.05, 3.63) is 23.7 Å². The molecule has 104 valence electrons. The Kier molecular flexibility index (Phi) is 8.55. The predicted octanol–water partition coefficient (Wildman–Crippen LogP) is 2.72. The molecule has 0 aliphatic carbocycles. The summed E-state index contributed by atoms with van der Waals surface area (Å²) in [6.07, 6.45) is 2.29. The second-order valence-electron chi connectivity index (χ2n) is 4.17. The molecule has 0 fully saturated rings. The molecule has 4 heteroatoms. The Hall–Kier alpha value is -0.840. The topological polar surface area (TPSA) is 43.6 Å². The van der Waals surface area contributed by atoms with Gasteiger partial charge in [0.25, 0.3) is 0 Å². The lowest BCUT2D eigenvalue weighted by molar-refractivity contribution is 0.0336. The summed E-state index contributed by atoms with van der Waals surface area (Å²) in [6, 6.07) is 3.95. The Morgan fingerprint density at radius 3 is 2.61 bits per heavy atom. The van der Waals surface area contributed by atoms with Gasteiger partial charge in [0.2, 0.25) is 0 Å². The zero-order valence-electron chi connectivity index (χ0n) is 11.5. The van der Waals surface area contributed by atoms with Gasteiger partial charge in [0.1, 0.15) is 18.1 Å². The monoisotopic (exact) mass is 255 g/mol. The van der Waals surface area contributed by atoms with Crippen molar-refractivity contribution in [2.75, 3.05) is 26.4 Å². The van der Waals surface area contributed by atoms with Crippen LogP contribution in [0.5, 0.6) is 0 Å². The zero-order chi connectivity index (χ0) is 13.1. The van der Waals surface area contributed by atoms with E-state index in [0.717, 1.165) is 37.6 Å². The molecule has 1 aromatic heterocycles. The molecule has 0 atom stereocenters. The summed E-state index contributed by atoms with van der Waals surface area (Å²) in [7, 11) is 0. The summed E-state index contributed by atoms with van der Waals surface area (Å²) in [6.45, 7) is 8.57. The number of unbranched alkanes of at least 4 members (excludes halogenated alkanes) is 1. The summed E-state index contributed by atoms with van der Waals surface area (Å²) in [5.41, 5.74) is 0. The fourth-order valence-electron chi connectivity index (χ4n) is 1.48. The standard InChI is InChI=1S/C14H25NO3/c1-3-5-8-16-9-10-17-12-14-7-6-13(18-14)11-15-4-2/h6-7,15H,3-5,8-12H2,1-2H3. The lowest BCUT2D eigenvalue weighted by atomic mass is 10.4. The first-order valence-electron chi connectivity index (χ1n) is 6.80. The smallest absolute Gasteiger partial charge is 0.129 e. The zero-order valence-corrected chi connectivity index (χ0v) is 11.5. The minimum Gasteiger partial charge on any atom is -0.462 e. The minimum atomic E-state index is 0.517. The van der Waals surface area contributed by atoms with Crippen molar-refractivity contribution < 1.29 is 13.9 Å². The van der Waals surface area contributed by atoms with E-state index in [2.05, 4.69) is 19.2 Å². The van der Waals surface area contributed by atoms with E-state index >= 15 is 0 Å². The normalized spacial score (nSPS) is 11.0. The fraction of sp³-hybridized carbons (Fsp3) is 0.714. The summed E-state index contributed by atoms with van der Waals surface area (Å²) in [5.74, 6) is 1.83. The highest BCUT2D eigenvalue weighted by molar-refractivity contribution is 5.06. The van der Waals surface area contributed by atoms with Crippen LogP contribution in [0.25, 0.3) is 0 Å². The molecule has 0 unspecified atom stereocenters.